The Labute approximate surface area is 152 Å². The molecule has 0 spiro atoms. The fourth-order valence-electron chi connectivity index (χ4n) is 2.41. The Morgan fingerprint density at radius 3 is 2.48 bits per heavy atom. The van der Waals surface area contributed by atoms with E-state index in [-0.39, 0.29) is 36.2 Å². The highest BCUT2D eigenvalue weighted by Crippen LogP contribution is 2.31. The lowest BCUT2D eigenvalue weighted by atomic mass is 10.1. The molecular formula is C17H24N2O5S. The standard InChI is InChI=1S/C17H24N2O5S/c1-5-7-23-16(21)18-10-12(3)15-9-14(25-13(4)20)11-19(15)17(22)24-8-6-2/h5-6,14-15H,1-3,7-11H2,4H3,(H,18,21)/t14-,15-/m0/s1. The van der Waals surface area contributed by atoms with Gasteiger partial charge in [0.05, 0.1) is 6.04 Å². The number of thioether (sulfide) groups is 1. The van der Waals surface area contributed by atoms with E-state index in [1.165, 1.54) is 35.7 Å². The molecule has 0 saturated carbocycles. The molecule has 0 aromatic carbocycles. The predicted octanol–water partition coefficient (Wildman–Crippen LogP) is 2.50. The maximum Gasteiger partial charge on any atom is 0.410 e. The highest BCUT2D eigenvalue weighted by molar-refractivity contribution is 8.14. The van der Waals surface area contributed by atoms with Gasteiger partial charge in [-0.15, -0.1) is 0 Å². The van der Waals surface area contributed by atoms with Crippen molar-refractivity contribution in [2.75, 3.05) is 26.3 Å². The number of likely N-dealkylation sites (tertiary alicyclic amines) is 1. The zero-order valence-electron chi connectivity index (χ0n) is 14.4. The third-order valence-electron chi connectivity index (χ3n) is 3.42. The lowest BCUT2D eigenvalue weighted by Crippen LogP contribution is -2.40. The van der Waals surface area contributed by atoms with Crippen LogP contribution in [0.2, 0.25) is 0 Å². The average Bonchev–Trinajstić information content (AvgIpc) is 2.98. The van der Waals surface area contributed by atoms with Gasteiger partial charge in [0.25, 0.3) is 0 Å². The molecule has 1 heterocycles. The Morgan fingerprint density at radius 2 is 1.88 bits per heavy atom. The molecule has 0 unspecified atom stereocenters. The molecule has 1 aliphatic heterocycles. The molecule has 2 atom stereocenters. The van der Waals surface area contributed by atoms with Gasteiger partial charge in [-0.1, -0.05) is 43.7 Å². The second-order valence-corrected chi connectivity index (χ2v) is 6.88. The third-order valence-corrected chi connectivity index (χ3v) is 4.42. The SMILES string of the molecule is C=CCOC(=O)NCC(=C)[C@@H]1C[C@H](SC(C)=O)CN1C(=O)OCC=C. The molecule has 7 nitrogen and oxygen atoms in total. The van der Waals surface area contributed by atoms with Gasteiger partial charge in [-0.25, -0.2) is 9.59 Å². The minimum absolute atomic E-state index is 0.0122. The fourth-order valence-corrected chi connectivity index (χ4v) is 3.39. The quantitative estimate of drug-likeness (QED) is 0.663. The van der Waals surface area contributed by atoms with Crippen molar-refractivity contribution in [3.05, 3.63) is 37.5 Å². The molecule has 1 rings (SSSR count). The van der Waals surface area contributed by atoms with Crippen LogP contribution in [0.3, 0.4) is 0 Å². The molecule has 0 radical (unpaired) electrons. The highest BCUT2D eigenvalue weighted by atomic mass is 32.2. The van der Waals surface area contributed by atoms with E-state index in [1.54, 1.807) is 0 Å². The van der Waals surface area contributed by atoms with Crippen molar-refractivity contribution in [3.8, 4) is 0 Å². The lowest BCUT2D eigenvalue weighted by Gasteiger charge is -2.25. The molecule has 0 bridgehead atoms. The molecular weight excluding hydrogens is 344 g/mol. The van der Waals surface area contributed by atoms with Crippen molar-refractivity contribution < 1.29 is 23.9 Å². The number of carbonyl (C=O) groups is 3. The Balaban J connectivity index is 2.68. The highest BCUT2D eigenvalue weighted by Gasteiger charge is 2.38. The van der Waals surface area contributed by atoms with E-state index in [1.807, 2.05) is 0 Å². The summed E-state index contributed by atoms with van der Waals surface area (Å²) in [4.78, 5) is 36.6. The van der Waals surface area contributed by atoms with Gasteiger partial charge < -0.3 is 19.7 Å². The third kappa shape index (κ3) is 7.04. The zero-order valence-corrected chi connectivity index (χ0v) is 15.2. The van der Waals surface area contributed by atoms with Gasteiger partial charge in [0.1, 0.15) is 13.2 Å². The topological polar surface area (TPSA) is 84.9 Å². The van der Waals surface area contributed by atoms with Crippen LogP contribution in [0.5, 0.6) is 0 Å². The van der Waals surface area contributed by atoms with E-state index >= 15 is 0 Å². The van der Waals surface area contributed by atoms with Gasteiger partial charge in [-0.05, 0) is 12.0 Å². The van der Waals surface area contributed by atoms with E-state index in [2.05, 4.69) is 25.1 Å². The number of amides is 2. The number of hydrogen-bond acceptors (Lipinski definition) is 6. The summed E-state index contributed by atoms with van der Waals surface area (Å²) in [5, 5.41) is 2.52. The Kier molecular flexibility index (Phi) is 8.83. The largest absolute Gasteiger partial charge is 0.445 e. The monoisotopic (exact) mass is 368 g/mol. The first kappa shape index (κ1) is 20.8. The molecule has 0 aromatic heterocycles. The van der Waals surface area contributed by atoms with Crippen LogP contribution >= 0.6 is 11.8 Å². The molecule has 0 aromatic rings. The second-order valence-electron chi connectivity index (χ2n) is 5.40. The van der Waals surface area contributed by atoms with Gasteiger partial charge in [0, 0.05) is 25.3 Å². The van der Waals surface area contributed by atoms with Crippen LogP contribution < -0.4 is 5.32 Å². The van der Waals surface area contributed by atoms with Gasteiger partial charge in [0.2, 0.25) is 0 Å². The summed E-state index contributed by atoms with van der Waals surface area (Å²) in [6.07, 6.45) is 2.43. The number of rotatable bonds is 8. The first-order valence-electron chi connectivity index (χ1n) is 7.79. The van der Waals surface area contributed by atoms with Crippen LogP contribution in [0.1, 0.15) is 13.3 Å². The predicted molar refractivity (Wildman–Crippen MR) is 97.4 cm³/mol. The maximum atomic E-state index is 12.2. The van der Waals surface area contributed by atoms with Crippen LogP contribution in [0.15, 0.2) is 37.5 Å². The Bertz CT molecular complexity index is 549. The Hall–Kier alpha value is -2.22. The van der Waals surface area contributed by atoms with Crippen LogP contribution in [0.25, 0.3) is 0 Å². The summed E-state index contributed by atoms with van der Waals surface area (Å²) in [5.74, 6) is 0. The van der Waals surface area contributed by atoms with E-state index in [0.717, 1.165) is 0 Å². The minimum atomic E-state index is -0.588. The normalized spacial score (nSPS) is 19.0. The second kappa shape index (κ2) is 10.6. The number of nitrogens with one attached hydrogen (secondary N) is 1. The Morgan fingerprint density at radius 1 is 1.24 bits per heavy atom. The average molecular weight is 368 g/mol. The van der Waals surface area contributed by atoms with Crippen molar-refractivity contribution in [3.63, 3.8) is 0 Å². The minimum Gasteiger partial charge on any atom is -0.445 e. The van der Waals surface area contributed by atoms with E-state index in [0.29, 0.717) is 18.5 Å². The first-order valence-corrected chi connectivity index (χ1v) is 8.67. The number of nitrogens with zero attached hydrogens (tertiary/aromatic N) is 1. The van der Waals surface area contributed by atoms with Gasteiger partial charge in [-0.2, -0.15) is 0 Å². The maximum absolute atomic E-state index is 12.2. The number of alkyl carbamates (subject to hydrolysis) is 1. The zero-order chi connectivity index (χ0) is 18.8. The van der Waals surface area contributed by atoms with Gasteiger partial charge in [0.15, 0.2) is 5.12 Å². The smallest absolute Gasteiger partial charge is 0.410 e. The van der Waals surface area contributed by atoms with Crippen molar-refractivity contribution >= 4 is 29.1 Å². The summed E-state index contributed by atoms with van der Waals surface area (Å²) in [5.41, 5.74) is 0.637. The van der Waals surface area contributed by atoms with E-state index in [9.17, 15) is 14.4 Å². The van der Waals surface area contributed by atoms with Crippen LogP contribution in [0, 0.1) is 0 Å². The van der Waals surface area contributed by atoms with E-state index < -0.39 is 12.2 Å². The van der Waals surface area contributed by atoms with E-state index in [4.69, 9.17) is 9.47 Å². The summed E-state index contributed by atoms with van der Waals surface area (Å²) >= 11 is 1.19. The number of hydrogen-bond donors (Lipinski definition) is 1. The van der Waals surface area contributed by atoms with Crippen molar-refractivity contribution in [1.29, 1.82) is 0 Å². The first-order chi connectivity index (χ1) is 11.9. The summed E-state index contributed by atoms with van der Waals surface area (Å²) in [6, 6.07) is -0.325. The number of carbonyl (C=O) groups excluding carboxylic acids is 3. The van der Waals surface area contributed by atoms with Crippen molar-refractivity contribution in [2.24, 2.45) is 0 Å². The van der Waals surface area contributed by atoms with Gasteiger partial charge in [-0.3, -0.25) is 4.79 Å². The molecule has 138 valence electrons. The summed E-state index contributed by atoms with van der Waals surface area (Å²) in [7, 11) is 0. The molecule has 1 N–H and O–H groups in total. The molecule has 25 heavy (non-hydrogen) atoms. The lowest BCUT2D eigenvalue weighted by molar-refractivity contribution is -0.109. The van der Waals surface area contributed by atoms with Crippen LogP contribution in [-0.2, 0) is 14.3 Å². The van der Waals surface area contributed by atoms with Crippen molar-refractivity contribution in [1.82, 2.24) is 10.2 Å². The number of ether oxygens (including phenoxy) is 2. The molecule has 2 amide bonds. The molecule has 8 heteroatoms. The molecule has 1 aliphatic rings. The summed E-state index contributed by atoms with van der Waals surface area (Å²) in [6.45, 7) is 13.2. The van der Waals surface area contributed by atoms with Crippen molar-refractivity contribution in [2.45, 2.75) is 24.6 Å². The van der Waals surface area contributed by atoms with Gasteiger partial charge >= 0.3 is 12.2 Å². The fraction of sp³-hybridized carbons (Fsp3) is 0.471. The molecule has 1 fully saturated rings. The molecule has 1 saturated heterocycles. The van der Waals surface area contributed by atoms with Crippen LogP contribution in [0.4, 0.5) is 9.59 Å². The molecule has 0 aliphatic carbocycles. The summed E-state index contributed by atoms with van der Waals surface area (Å²) < 4.78 is 9.93. The van der Waals surface area contributed by atoms with Crippen LogP contribution in [-0.4, -0.2) is 59.8 Å².